The van der Waals surface area contributed by atoms with Crippen molar-refractivity contribution in [1.82, 2.24) is 0 Å². The predicted octanol–water partition coefficient (Wildman–Crippen LogP) is 6.54. The average Bonchev–Trinajstić information content (AvgIpc) is 2.39. The van der Waals surface area contributed by atoms with Crippen molar-refractivity contribution >= 4 is 6.71 Å². The Morgan fingerprint density at radius 2 is 1.26 bits per heavy atom. The van der Waals surface area contributed by atoms with Gasteiger partial charge >= 0.3 is 0 Å². The molecule has 2 unspecified atom stereocenters. The van der Waals surface area contributed by atoms with Crippen molar-refractivity contribution in [3.05, 3.63) is 0 Å². The highest BCUT2D eigenvalue weighted by Gasteiger charge is 2.31. The van der Waals surface area contributed by atoms with Crippen molar-refractivity contribution < 1.29 is 0 Å². The van der Waals surface area contributed by atoms with E-state index >= 15 is 0 Å². The largest absolute Gasteiger partial charge is 0.146 e. The van der Waals surface area contributed by atoms with Gasteiger partial charge in [0.1, 0.15) is 6.71 Å². The summed E-state index contributed by atoms with van der Waals surface area (Å²) in [6.45, 7) is 15.6. The fourth-order valence-electron chi connectivity index (χ4n) is 3.90. The van der Waals surface area contributed by atoms with Gasteiger partial charge in [-0.3, -0.25) is 0 Å². The predicted molar refractivity (Wildman–Crippen MR) is 90.3 cm³/mol. The van der Waals surface area contributed by atoms with E-state index in [4.69, 9.17) is 0 Å². The van der Waals surface area contributed by atoms with Gasteiger partial charge in [0.15, 0.2) is 0 Å². The van der Waals surface area contributed by atoms with E-state index in [1.54, 1.807) is 0 Å². The Morgan fingerprint density at radius 1 is 0.789 bits per heavy atom. The molecule has 0 aromatic rings. The highest BCUT2D eigenvalue weighted by atomic mass is 14.2. The molecule has 0 N–H and O–H groups in total. The lowest BCUT2D eigenvalue weighted by Gasteiger charge is -2.33. The molecule has 1 heteroatoms. The summed E-state index contributed by atoms with van der Waals surface area (Å²) in [4.78, 5) is 0. The van der Waals surface area contributed by atoms with Crippen LogP contribution in [-0.2, 0) is 0 Å². The molecule has 0 nitrogen and oxygen atoms in total. The molecule has 1 aliphatic rings. The molecule has 1 fully saturated rings. The Balaban J connectivity index is 2.52. The van der Waals surface area contributed by atoms with Crippen LogP contribution in [0.5, 0.6) is 0 Å². The number of hydrogen-bond donors (Lipinski definition) is 0. The maximum atomic E-state index is 2.50. The highest BCUT2D eigenvalue weighted by molar-refractivity contribution is 6.62. The summed E-state index contributed by atoms with van der Waals surface area (Å²) in [5.41, 5.74) is 0. The standard InChI is InChI=1S/C18H37B/c1-14(2)16(5)19(17(6)15(3)4)13-12-18-10-8-7-9-11-18/h14-18H,7-13H2,1-6H3. The zero-order valence-electron chi connectivity index (χ0n) is 14.4. The van der Waals surface area contributed by atoms with Gasteiger partial charge in [-0.25, -0.2) is 0 Å². The Bertz CT molecular complexity index is 214. The van der Waals surface area contributed by atoms with Gasteiger partial charge in [0.2, 0.25) is 0 Å². The van der Waals surface area contributed by atoms with Crippen molar-refractivity contribution in [3.63, 3.8) is 0 Å². The molecule has 19 heavy (non-hydrogen) atoms. The van der Waals surface area contributed by atoms with Crippen LogP contribution in [-0.4, -0.2) is 6.71 Å². The molecule has 0 heterocycles. The smallest absolute Gasteiger partial charge is 0.0734 e. The van der Waals surface area contributed by atoms with Crippen LogP contribution in [0.2, 0.25) is 18.0 Å². The van der Waals surface area contributed by atoms with E-state index < -0.39 is 0 Å². The van der Waals surface area contributed by atoms with Crippen molar-refractivity contribution in [2.24, 2.45) is 17.8 Å². The van der Waals surface area contributed by atoms with Gasteiger partial charge in [0.25, 0.3) is 0 Å². The van der Waals surface area contributed by atoms with Crippen molar-refractivity contribution in [2.45, 2.75) is 98.0 Å². The fourth-order valence-corrected chi connectivity index (χ4v) is 3.90. The summed E-state index contributed by atoms with van der Waals surface area (Å²) < 4.78 is 0. The average molecular weight is 264 g/mol. The van der Waals surface area contributed by atoms with E-state index in [9.17, 15) is 0 Å². The second-order valence-electron chi connectivity index (χ2n) is 7.95. The summed E-state index contributed by atoms with van der Waals surface area (Å²) in [7, 11) is 0. The summed E-state index contributed by atoms with van der Waals surface area (Å²) in [5.74, 6) is 4.46. The molecule has 0 aromatic heterocycles. The Labute approximate surface area is 123 Å². The number of rotatable bonds is 7. The van der Waals surface area contributed by atoms with Crippen molar-refractivity contribution in [1.29, 1.82) is 0 Å². The van der Waals surface area contributed by atoms with Crippen LogP contribution in [0.4, 0.5) is 0 Å². The molecule has 1 rings (SSSR count). The minimum absolute atomic E-state index is 0.831. The SMILES string of the molecule is CC(C)C(C)B(CCC1CCCCC1)C(C)C(C)C. The second-order valence-corrected chi connectivity index (χ2v) is 7.95. The normalized spacial score (nSPS) is 20.8. The minimum Gasteiger partial charge on any atom is -0.0734 e. The molecule has 0 aromatic carbocycles. The van der Waals surface area contributed by atoms with Gasteiger partial charge in [-0.05, 0) is 5.92 Å². The highest BCUT2D eigenvalue weighted by Crippen LogP contribution is 2.37. The molecule has 0 bridgehead atoms. The first-order chi connectivity index (χ1) is 8.93. The van der Waals surface area contributed by atoms with Crippen LogP contribution in [0.1, 0.15) is 80.1 Å². The van der Waals surface area contributed by atoms with Gasteiger partial charge in [-0.2, -0.15) is 0 Å². The maximum Gasteiger partial charge on any atom is 0.146 e. The molecule has 0 aliphatic heterocycles. The quantitative estimate of drug-likeness (QED) is 0.458. The summed E-state index contributed by atoms with van der Waals surface area (Å²) in [5, 5.41) is 0. The van der Waals surface area contributed by atoms with Crippen LogP contribution < -0.4 is 0 Å². The Kier molecular flexibility index (Phi) is 7.54. The maximum absolute atomic E-state index is 2.50. The third-order valence-electron chi connectivity index (χ3n) is 6.09. The van der Waals surface area contributed by atoms with E-state index in [1.807, 2.05) is 0 Å². The lowest BCUT2D eigenvalue weighted by molar-refractivity contribution is 0.347. The fraction of sp³-hybridized carbons (Fsp3) is 1.00. The first kappa shape index (κ1) is 17.1. The molecule has 112 valence electrons. The van der Waals surface area contributed by atoms with Crippen LogP contribution >= 0.6 is 0 Å². The summed E-state index contributed by atoms with van der Waals surface area (Å²) >= 11 is 0. The summed E-state index contributed by atoms with van der Waals surface area (Å²) in [6.07, 6.45) is 10.5. The molecule has 0 spiro atoms. The second kappa shape index (κ2) is 8.37. The number of hydrogen-bond acceptors (Lipinski definition) is 0. The van der Waals surface area contributed by atoms with Gasteiger partial charge < -0.3 is 0 Å². The monoisotopic (exact) mass is 264 g/mol. The molecular weight excluding hydrogens is 227 g/mol. The van der Waals surface area contributed by atoms with Gasteiger partial charge in [0, 0.05) is 0 Å². The lowest BCUT2D eigenvalue weighted by Crippen LogP contribution is -2.30. The third kappa shape index (κ3) is 5.52. The first-order valence-corrected chi connectivity index (χ1v) is 8.93. The van der Waals surface area contributed by atoms with Crippen molar-refractivity contribution in [2.75, 3.05) is 0 Å². The van der Waals surface area contributed by atoms with Crippen LogP contribution in [0.3, 0.4) is 0 Å². The van der Waals surface area contributed by atoms with E-state index in [1.165, 1.54) is 44.8 Å². The zero-order chi connectivity index (χ0) is 14.4. The van der Waals surface area contributed by atoms with Crippen molar-refractivity contribution in [3.8, 4) is 0 Å². The van der Waals surface area contributed by atoms with Gasteiger partial charge in [-0.1, -0.05) is 110 Å². The molecule has 0 saturated heterocycles. The Hall–Kier alpha value is 0.0649. The third-order valence-corrected chi connectivity index (χ3v) is 6.09. The molecule has 0 radical (unpaired) electrons. The van der Waals surface area contributed by atoms with E-state index in [0.717, 1.165) is 36.1 Å². The Morgan fingerprint density at radius 3 is 1.68 bits per heavy atom. The molecule has 2 atom stereocenters. The topological polar surface area (TPSA) is 0 Å². The molecule has 1 saturated carbocycles. The van der Waals surface area contributed by atoms with Gasteiger partial charge in [-0.15, -0.1) is 0 Å². The van der Waals surface area contributed by atoms with Crippen LogP contribution in [0, 0.1) is 17.8 Å². The van der Waals surface area contributed by atoms with E-state index in [0.29, 0.717) is 0 Å². The van der Waals surface area contributed by atoms with Gasteiger partial charge in [0.05, 0.1) is 0 Å². The van der Waals surface area contributed by atoms with E-state index in [2.05, 4.69) is 41.5 Å². The molecule has 0 amide bonds. The minimum atomic E-state index is 0.831. The zero-order valence-corrected chi connectivity index (χ0v) is 14.4. The van der Waals surface area contributed by atoms with E-state index in [-0.39, 0.29) is 0 Å². The first-order valence-electron chi connectivity index (χ1n) is 8.93. The van der Waals surface area contributed by atoms with Crippen LogP contribution in [0.25, 0.3) is 0 Å². The molecule has 1 aliphatic carbocycles. The molecular formula is C18H37B. The lowest BCUT2D eigenvalue weighted by atomic mass is 9.29. The summed E-state index contributed by atoms with van der Waals surface area (Å²) in [6, 6.07) is 0. The van der Waals surface area contributed by atoms with Crippen LogP contribution in [0.15, 0.2) is 0 Å².